The van der Waals surface area contributed by atoms with Crippen molar-refractivity contribution in [3.63, 3.8) is 0 Å². The molecule has 1 atom stereocenters. The van der Waals surface area contributed by atoms with Gasteiger partial charge in [-0.05, 0) is 60.4 Å². The topological polar surface area (TPSA) is 88.5 Å². The summed E-state index contributed by atoms with van der Waals surface area (Å²) in [6.45, 7) is 0.590. The van der Waals surface area contributed by atoms with Crippen molar-refractivity contribution in [3.05, 3.63) is 126 Å². The van der Waals surface area contributed by atoms with Gasteiger partial charge in [-0.2, -0.15) is 0 Å². The van der Waals surface area contributed by atoms with Crippen LogP contribution in [0.3, 0.4) is 0 Å². The van der Waals surface area contributed by atoms with Crippen LogP contribution in [0.2, 0.25) is 0 Å². The summed E-state index contributed by atoms with van der Waals surface area (Å²) in [6.07, 6.45) is 5.63. The predicted octanol–water partition coefficient (Wildman–Crippen LogP) is 5.43. The molecular weight excluding hydrogens is 452 g/mol. The molecular formula is C30H28N2O4. The summed E-state index contributed by atoms with van der Waals surface area (Å²) in [5.41, 5.74) is 3.56. The number of ketones is 1. The lowest BCUT2D eigenvalue weighted by atomic mass is 10.00. The fraction of sp³-hybridized carbons (Fsp3) is 0.167. The first-order valence-corrected chi connectivity index (χ1v) is 11.9. The average Bonchev–Trinajstić information content (AvgIpc) is 2.92. The molecule has 2 N–H and O–H groups in total. The summed E-state index contributed by atoms with van der Waals surface area (Å²) in [4.78, 5) is 29.1. The maximum atomic E-state index is 13.0. The number of aromatic nitrogens is 1. The molecule has 4 rings (SSSR count). The van der Waals surface area contributed by atoms with Gasteiger partial charge in [0, 0.05) is 35.6 Å². The Kier molecular flexibility index (Phi) is 8.44. The number of aliphatic carboxylic acids is 1. The lowest BCUT2D eigenvalue weighted by molar-refractivity contribution is -0.137. The second kappa shape index (κ2) is 12.3. The van der Waals surface area contributed by atoms with Crippen LogP contribution in [0.1, 0.15) is 33.5 Å². The van der Waals surface area contributed by atoms with Crippen molar-refractivity contribution in [3.8, 4) is 5.75 Å². The molecule has 0 amide bonds. The Balaban J connectivity index is 1.36. The Labute approximate surface area is 210 Å². The fourth-order valence-corrected chi connectivity index (χ4v) is 3.91. The summed E-state index contributed by atoms with van der Waals surface area (Å²) in [7, 11) is 0. The average molecular weight is 481 g/mol. The van der Waals surface area contributed by atoms with E-state index in [1.165, 1.54) is 5.56 Å². The smallest absolute Gasteiger partial charge is 0.326 e. The Morgan fingerprint density at radius 1 is 0.833 bits per heavy atom. The van der Waals surface area contributed by atoms with Gasteiger partial charge in [0.2, 0.25) is 0 Å². The van der Waals surface area contributed by atoms with E-state index in [9.17, 15) is 14.7 Å². The zero-order valence-electron chi connectivity index (χ0n) is 19.8. The second-order valence-electron chi connectivity index (χ2n) is 8.43. The van der Waals surface area contributed by atoms with E-state index >= 15 is 0 Å². The largest absolute Gasteiger partial charge is 0.494 e. The third-order valence-corrected chi connectivity index (χ3v) is 5.83. The van der Waals surface area contributed by atoms with E-state index in [-0.39, 0.29) is 12.2 Å². The van der Waals surface area contributed by atoms with Gasteiger partial charge in [0.05, 0.1) is 6.61 Å². The van der Waals surface area contributed by atoms with E-state index in [1.807, 2.05) is 42.5 Å². The Hall–Kier alpha value is -4.45. The molecule has 0 saturated heterocycles. The number of carboxylic acid groups (broad SMARTS) is 1. The van der Waals surface area contributed by atoms with Crippen LogP contribution >= 0.6 is 0 Å². The van der Waals surface area contributed by atoms with Crippen LogP contribution in [0.25, 0.3) is 0 Å². The molecule has 36 heavy (non-hydrogen) atoms. The summed E-state index contributed by atoms with van der Waals surface area (Å²) >= 11 is 0. The highest BCUT2D eigenvalue weighted by atomic mass is 16.5. The zero-order chi connectivity index (χ0) is 25.2. The van der Waals surface area contributed by atoms with E-state index in [2.05, 4.69) is 10.3 Å². The van der Waals surface area contributed by atoms with Crippen LogP contribution in [0.15, 0.2) is 103 Å². The summed E-state index contributed by atoms with van der Waals surface area (Å²) < 4.78 is 5.83. The number of carbonyl (C=O) groups excluding carboxylic acids is 1. The molecule has 0 aliphatic carbocycles. The van der Waals surface area contributed by atoms with Crippen LogP contribution in [0.5, 0.6) is 5.75 Å². The molecule has 182 valence electrons. The van der Waals surface area contributed by atoms with Crippen LogP contribution < -0.4 is 10.1 Å². The number of anilines is 1. The normalized spacial score (nSPS) is 11.4. The standard InChI is InChI=1S/C30H28N2O4/c33-29(24-8-2-1-3-9-24)26-10-4-5-11-27(26)32-28(30(34)35)21-23-12-14-25(15-13-23)36-20-6-7-22-16-18-31-19-17-22/h1-5,8-19,28,32H,6-7,20-21H2,(H,34,35)/t28-/m0/s1. The first kappa shape index (κ1) is 24.7. The van der Waals surface area contributed by atoms with Gasteiger partial charge in [-0.15, -0.1) is 0 Å². The Morgan fingerprint density at radius 3 is 2.25 bits per heavy atom. The molecule has 0 aliphatic rings. The molecule has 0 fully saturated rings. The minimum Gasteiger partial charge on any atom is -0.494 e. The number of pyridine rings is 1. The van der Waals surface area contributed by atoms with Crippen LogP contribution in [-0.4, -0.2) is 34.5 Å². The van der Waals surface area contributed by atoms with Crippen LogP contribution in [-0.2, 0) is 17.6 Å². The molecule has 1 heterocycles. The predicted molar refractivity (Wildman–Crippen MR) is 140 cm³/mol. The first-order valence-electron chi connectivity index (χ1n) is 11.9. The quantitative estimate of drug-likeness (QED) is 0.208. The summed E-state index contributed by atoms with van der Waals surface area (Å²) in [6, 6.07) is 26.5. The number of carboxylic acids is 1. The highest BCUT2D eigenvalue weighted by molar-refractivity contribution is 6.12. The van der Waals surface area contributed by atoms with Crippen molar-refractivity contribution in [1.82, 2.24) is 4.98 Å². The number of nitrogens with one attached hydrogen (secondary N) is 1. The van der Waals surface area contributed by atoms with Crippen molar-refractivity contribution >= 4 is 17.4 Å². The molecule has 0 aliphatic heterocycles. The molecule has 0 radical (unpaired) electrons. The highest BCUT2D eigenvalue weighted by Crippen LogP contribution is 2.22. The number of nitrogens with zero attached hydrogens (tertiary/aromatic N) is 1. The lowest BCUT2D eigenvalue weighted by Gasteiger charge is -2.18. The number of hydrogen-bond donors (Lipinski definition) is 2. The molecule has 3 aromatic carbocycles. The number of ether oxygens (including phenoxy) is 1. The zero-order valence-corrected chi connectivity index (χ0v) is 19.8. The highest BCUT2D eigenvalue weighted by Gasteiger charge is 2.21. The van der Waals surface area contributed by atoms with Crippen molar-refractivity contribution < 1.29 is 19.4 Å². The Morgan fingerprint density at radius 2 is 1.53 bits per heavy atom. The van der Waals surface area contributed by atoms with Crippen LogP contribution in [0, 0.1) is 0 Å². The lowest BCUT2D eigenvalue weighted by Crippen LogP contribution is -2.32. The summed E-state index contributed by atoms with van der Waals surface area (Å²) in [5.74, 6) is -0.409. The first-order chi connectivity index (χ1) is 17.6. The number of hydrogen-bond acceptors (Lipinski definition) is 5. The molecule has 0 unspecified atom stereocenters. The van der Waals surface area contributed by atoms with E-state index in [0.29, 0.717) is 23.4 Å². The maximum absolute atomic E-state index is 13.0. The molecule has 0 saturated carbocycles. The number of benzene rings is 3. The number of para-hydroxylation sites is 1. The van der Waals surface area contributed by atoms with E-state index in [1.54, 1.807) is 60.9 Å². The molecule has 0 bridgehead atoms. The van der Waals surface area contributed by atoms with Crippen molar-refractivity contribution in [1.29, 1.82) is 0 Å². The third-order valence-electron chi connectivity index (χ3n) is 5.83. The molecule has 0 spiro atoms. The minimum absolute atomic E-state index is 0.159. The molecule has 1 aromatic heterocycles. The summed E-state index contributed by atoms with van der Waals surface area (Å²) in [5, 5.41) is 12.9. The van der Waals surface area contributed by atoms with Gasteiger partial charge in [0.15, 0.2) is 5.78 Å². The van der Waals surface area contributed by atoms with Gasteiger partial charge in [0.1, 0.15) is 11.8 Å². The van der Waals surface area contributed by atoms with Gasteiger partial charge in [-0.25, -0.2) is 4.79 Å². The van der Waals surface area contributed by atoms with Gasteiger partial charge in [0.25, 0.3) is 0 Å². The van der Waals surface area contributed by atoms with E-state index in [4.69, 9.17) is 4.74 Å². The molecule has 4 aromatic rings. The van der Waals surface area contributed by atoms with Gasteiger partial charge >= 0.3 is 5.97 Å². The van der Waals surface area contributed by atoms with E-state index in [0.717, 1.165) is 24.2 Å². The number of aryl methyl sites for hydroxylation is 1. The van der Waals surface area contributed by atoms with Crippen molar-refractivity contribution in [2.24, 2.45) is 0 Å². The maximum Gasteiger partial charge on any atom is 0.326 e. The van der Waals surface area contributed by atoms with Crippen molar-refractivity contribution in [2.45, 2.75) is 25.3 Å². The molecule has 6 nitrogen and oxygen atoms in total. The minimum atomic E-state index is -0.992. The Bertz CT molecular complexity index is 1280. The van der Waals surface area contributed by atoms with Gasteiger partial charge in [-0.3, -0.25) is 9.78 Å². The fourth-order valence-electron chi connectivity index (χ4n) is 3.91. The monoisotopic (exact) mass is 480 g/mol. The number of rotatable bonds is 12. The van der Waals surface area contributed by atoms with E-state index < -0.39 is 12.0 Å². The SMILES string of the molecule is O=C(c1ccccc1)c1ccccc1N[C@@H](Cc1ccc(OCCCc2ccncc2)cc1)C(=O)O. The number of carbonyl (C=O) groups is 2. The van der Waals surface area contributed by atoms with Crippen molar-refractivity contribution in [2.75, 3.05) is 11.9 Å². The third kappa shape index (κ3) is 6.79. The van der Waals surface area contributed by atoms with Gasteiger partial charge < -0.3 is 15.2 Å². The second-order valence-corrected chi connectivity index (χ2v) is 8.43. The molecule has 6 heteroatoms. The van der Waals surface area contributed by atoms with Gasteiger partial charge in [-0.1, -0.05) is 54.6 Å². The van der Waals surface area contributed by atoms with Crippen LogP contribution in [0.4, 0.5) is 5.69 Å².